The standard InChI is InChI=1S/C44H55N13O8/c1-9-56-32(18-25(3)51-56)41(61)49-43-47-30-21-28(39(45)59)23-34(64-8)37(30)54(43)15-11-12-16-55-38-31(48-44(55)50-42(62)33-19-26(4)52-57(33)10-2)22-29(40(46)60)24-35(38)65-17-13-14-53(6)36(58)20-27(5)63-7/h11-12,18-19,21-24,27H,9-10,13-17,20H2,1-8H3,(H2,45,59)(H2,46,60)(H,47,49,61)(H,48,50,62)/b12-11+/t27-/m1/s1. The highest BCUT2D eigenvalue weighted by atomic mass is 16.5. The van der Waals surface area contributed by atoms with Crippen LogP contribution in [0.3, 0.4) is 0 Å². The third-order valence-corrected chi connectivity index (χ3v) is 10.7. The topological polar surface area (TPSA) is 264 Å². The first-order chi connectivity index (χ1) is 31.1. The number of primary amides is 2. The fraction of sp³-hybridized carbons (Fsp3) is 0.386. The Labute approximate surface area is 374 Å². The monoisotopic (exact) mass is 893 g/mol. The molecule has 4 aromatic heterocycles. The van der Waals surface area contributed by atoms with Gasteiger partial charge in [-0.3, -0.25) is 44.0 Å². The largest absolute Gasteiger partial charge is 0.494 e. The van der Waals surface area contributed by atoms with Crippen LogP contribution in [-0.2, 0) is 35.7 Å². The molecule has 21 heteroatoms. The lowest BCUT2D eigenvalue weighted by atomic mass is 10.1. The summed E-state index contributed by atoms with van der Waals surface area (Å²) in [5.74, 6) is -1.50. The number of anilines is 2. The molecule has 0 saturated carbocycles. The molecule has 0 aliphatic carbocycles. The van der Waals surface area contributed by atoms with Crippen LogP contribution in [0.4, 0.5) is 11.9 Å². The van der Waals surface area contributed by atoms with E-state index in [1.165, 1.54) is 31.4 Å². The number of amides is 5. The van der Waals surface area contributed by atoms with Crippen molar-refractivity contribution in [2.24, 2.45) is 11.5 Å². The van der Waals surface area contributed by atoms with Gasteiger partial charge in [0.1, 0.15) is 33.9 Å². The Balaban J connectivity index is 1.37. The molecule has 0 spiro atoms. The molecule has 5 amide bonds. The number of hydrogen-bond donors (Lipinski definition) is 4. The first kappa shape index (κ1) is 46.9. The first-order valence-corrected chi connectivity index (χ1v) is 21.0. The number of imidazole rings is 2. The maximum Gasteiger partial charge on any atom is 0.276 e. The van der Waals surface area contributed by atoms with Gasteiger partial charge in [-0.05, 0) is 77.4 Å². The molecule has 65 heavy (non-hydrogen) atoms. The Morgan fingerprint density at radius 3 is 1.68 bits per heavy atom. The van der Waals surface area contributed by atoms with Crippen molar-refractivity contribution in [3.63, 3.8) is 0 Å². The lowest BCUT2D eigenvalue weighted by Crippen LogP contribution is -2.31. The van der Waals surface area contributed by atoms with Crippen LogP contribution in [0.15, 0.2) is 48.6 Å². The maximum atomic E-state index is 13.8. The van der Waals surface area contributed by atoms with Crippen LogP contribution in [0.25, 0.3) is 22.1 Å². The quantitative estimate of drug-likeness (QED) is 0.0589. The van der Waals surface area contributed by atoms with Gasteiger partial charge >= 0.3 is 0 Å². The number of nitrogens with zero attached hydrogens (tertiary/aromatic N) is 9. The summed E-state index contributed by atoms with van der Waals surface area (Å²) >= 11 is 0. The molecule has 0 saturated heterocycles. The fourth-order valence-electron chi connectivity index (χ4n) is 7.28. The van der Waals surface area contributed by atoms with E-state index < -0.39 is 23.6 Å². The number of benzene rings is 2. The van der Waals surface area contributed by atoms with Crippen molar-refractivity contribution in [2.75, 3.05) is 45.1 Å². The first-order valence-electron chi connectivity index (χ1n) is 21.0. The van der Waals surface area contributed by atoms with Crippen LogP contribution in [0.2, 0.25) is 0 Å². The second kappa shape index (κ2) is 20.3. The van der Waals surface area contributed by atoms with E-state index in [2.05, 4.69) is 25.8 Å². The molecule has 0 radical (unpaired) electrons. The van der Waals surface area contributed by atoms with Gasteiger partial charge in [0, 0.05) is 58.0 Å². The summed E-state index contributed by atoms with van der Waals surface area (Å²) in [6, 6.07) is 9.42. The summed E-state index contributed by atoms with van der Waals surface area (Å²) in [4.78, 5) is 76.1. The number of aryl methyl sites for hydroxylation is 4. The number of rotatable bonds is 21. The maximum absolute atomic E-state index is 13.8. The van der Waals surface area contributed by atoms with Gasteiger partial charge in [-0.2, -0.15) is 10.2 Å². The number of hydrogen-bond acceptors (Lipinski definition) is 12. The van der Waals surface area contributed by atoms with Crippen LogP contribution >= 0.6 is 0 Å². The zero-order valence-electron chi connectivity index (χ0n) is 37.8. The molecule has 0 aliphatic rings. The molecule has 0 bridgehead atoms. The number of carbonyl (C=O) groups excluding carboxylic acids is 5. The van der Waals surface area contributed by atoms with E-state index in [9.17, 15) is 24.0 Å². The van der Waals surface area contributed by atoms with Crippen LogP contribution in [0, 0.1) is 13.8 Å². The third kappa shape index (κ3) is 10.5. The highest BCUT2D eigenvalue weighted by Crippen LogP contribution is 2.33. The highest BCUT2D eigenvalue weighted by molar-refractivity contribution is 6.05. The summed E-state index contributed by atoms with van der Waals surface area (Å²) < 4.78 is 23.9. The van der Waals surface area contributed by atoms with Crippen LogP contribution < -0.4 is 31.6 Å². The average Bonchev–Trinajstić information content (AvgIpc) is 4.05. The number of nitrogens with one attached hydrogen (secondary N) is 2. The minimum Gasteiger partial charge on any atom is -0.494 e. The average molecular weight is 894 g/mol. The number of aromatic nitrogens is 8. The fourth-order valence-corrected chi connectivity index (χ4v) is 7.28. The molecule has 0 fully saturated rings. The van der Waals surface area contributed by atoms with Crippen LogP contribution in [0.1, 0.15) is 86.7 Å². The van der Waals surface area contributed by atoms with Gasteiger partial charge in [-0.1, -0.05) is 12.2 Å². The van der Waals surface area contributed by atoms with E-state index in [0.29, 0.717) is 76.6 Å². The minimum atomic E-state index is -0.709. The molecule has 2 aromatic carbocycles. The van der Waals surface area contributed by atoms with Crippen molar-refractivity contribution in [3.05, 3.63) is 82.5 Å². The zero-order valence-corrected chi connectivity index (χ0v) is 37.8. The summed E-state index contributed by atoms with van der Waals surface area (Å²) in [5.41, 5.74) is 15.3. The number of ether oxygens (including phenoxy) is 3. The van der Waals surface area contributed by atoms with E-state index >= 15 is 0 Å². The number of carbonyl (C=O) groups is 5. The van der Waals surface area contributed by atoms with Gasteiger partial charge in [0.2, 0.25) is 29.6 Å². The van der Waals surface area contributed by atoms with Gasteiger partial charge < -0.3 is 39.7 Å². The van der Waals surface area contributed by atoms with Crippen molar-refractivity contribution in [1.29, 1.82) is 0 Å². The van der Waals surface area contributed by atoms with Crippen LogP contribution in [0.5, 0.6) is 11.5 Å². The second-order valence-electron chi connectivity index (χ2n) is 15.3. The molecule has 344 valence electrons. The molecule has 21 nitrogen and oxygen atoms in total. The van der Waals surface area contributed by atoms with E-state index in [0.717, 1.165) is 0 Å². The van der Waals surface area contributed by atoms with Gasteiger partial charge in [-0.15, -0.1) is 0 Å². The highest BCUT2D eigenvalue weighted by Gasteiger charge is 2.24. The SMILES string of the molecule is CCn1nc(C)cc1C(=O)Nc1nc2cc(C(N)=O)cc(OC)c2n1C/C=C/Cn1c(NC(=O)c2cc(C)nn2CC)nc2cc(C(N)=O)cc(OCCCN(C)C(=O)C[C@@H](C)OC)c21. The lowest BCUT2D eigenvalue weighted by molar-refractivity contribution is -0.132. The van der Waals surface area contributed by atoms with Gasteiger partial charge in [0.25, 0.3) is 11.8 Å². The zero-order chi connectivity index (χ0) is 47.1. The van der Waals surface area contributed by atoms with Crippen molar-refractivity contribution in [3.8, 4) is 11.5 Å². The lowest BCUT2D eigenvalue weighted by Gasteiger charge is -2.19. The Bertz CT molecular complexity index is 2800. The van der Waals surface area contributed by atoms with Crippen molar-refractivity contribution in [2.45, 2.75) is 79.7 Å². The molecule has 0 aliphatic heterocycles. The molecular weight excluding hydrogens is 839 g/mol. The number of nitrogens with two attached hydrogens (primary N) is 2. The van der Waals surface area contributed by atoms with Gasteiger partial charge in [0.05, 0.1) is 48.7 Å². The summed E-state index contributed by atoms with van der Waals surface area (Å²) in [6.07, 6.45) is 4.10. The Morgan fingerprint density at radius 1 is 0.754 bits per heavy atom. The molecule has 1 atom stereocenters. The Kier molecular flexibility index (Phi) is 14.7. The van der Waals surface area contributed by atoms with E-state index in [4.69, 9.17) is 30.7 Å². The predicted octanol–water partition coefficient (Wildman–Crippen LogP) is 4.06. The van der Waals surface area contributed by atoms with Crippen LogP contribution in [-0.4, -0.2) is 114 Å². The predicted molar refractivity (Wildman–Crippen MR) is 242 cm³/mol. The van der Waals surface area contributed by atoms with E-state index in [1.807, 2.05) is 32.9 Å². The normalized spacial score (nSPS) is 11.9. The van der Waals surface area contributed by atoms with Crippen molar-refractivity contribution >= 4 is 63.5 Å². The number of methoxy groups -OCH3 is 2. The molecule has 6 aromatic rings. The molecule has 4 heterocycles. The smallest absolute Gasteiger partial charge is 0.276 e. The third-order valence-electron chi connectivity index (χ3n) is 10.7. The second-order valence-corrected chi connectivity index (χ2v) is 15.3. The Hall–Kier alpha value is -7.55. The van der Waals surface area contributed by atoms with E-state index in [1.54, 1.807) is 63.5 Å². The molecule has 6 N–H and O–H groups in total. The van der Waals surface area contributed by atoms with Crippen molar-refractivity contribution in [1.82, 2.24) is 43.6 Å². The molecule has 6 rings (SSSR count). The summed E-state index contributed by atoms with van der Waals surface area (Å²) in [7, 11) is 4.71. The minimum absolute atomic E-state index is 0.0756. The van der Waals surface area contributed by atoms with Gasteiger partial charge in [0.15, 0.2) is 0 Å². The van der Waals surface area contributed by atoms with E-state index in [-0.39, 0.29) is 66.9 Å². The summed E-state index contributed by atoms with van der Waals surface area (Å²) in [5, 5.41) is 14.6. The summed E-state index contributed by atoms with van der Waals surface area (Å²) in [6.45, 7) is 10.9. The number of allylic oxidation sites excluding steroid dienone is 2. The number of fused-ring (bicyclic) bond motifs is 2. The Morgan fingerprint density at radius 2 is 1.23 bits per heavy atom. The molecular formula is C44H55N13O8. The molecule has 0 unspecified atom stereocenters. The van der Waals surface area contributed by atoms with Gasteiger partial charge in [-0.25, -0.2) is 9.97 Å². The van der Waals surface area contributed by atoms with Crippen molar-refractivity contribution < 1.29 is 38.2 Å².